The molecule has 29 heavy (non-hydrogen) atoms. The predicted octanol–water partition coefficient (Wildman–Crippen LogP) is 4.60. The summed E-state index contributed by atoms with van der Waals surface area (Å²) in [6, 6.07) is -0.108. The van der Waals surface area contributed by atoms with Gasteiger partial charge in [-0.2, -0.15) is 72.3 Å². The maximum atomic E-state index is 12.8. The summed E-state index contributed by atoms with van der Waals surface area (Å²) in [5.41, 5.74) is -0.721. The molecule has 0 radical (unpaired) electrons. The second kappa shape index (κ2) is 16.6. The second-order valence-corrected chi connectivity index (χ2v) is 12.8. The van der Waals surface area contributed by atoms with Crippen LogP contribution in [0, 0.1) is 0 Å². The van der Waals surface area contributed by atoms with Crippen LogP contribution in [0.5, 0.6) is 0 Å². The molecule has 10 heteroatoms. The van der Waals surface area contributed by atoms with Crippen molar-refractivity contribution in [2.45, 2.75) is 32.2 Å². The van der Waals surface area contributed by atoms with Gasteiger partial charge in [0.2, 0.25) is 0 Å². The second-order valence-electron chi connectivity index (χ2n) is 7.05. The standard InChI is InChI=1S/C19H36N2O2S6/c1-19(2)17(22)20(5-3-9-26-13-15-28-11-7-24)18(23)21(19)6-4-10-27-14-16-29-12-8-25/h24-25H,3-16H2,1-2H3. The molecule has 1 fully saturated rings. The number of urea groups is 1. The van der Waals surface area contributed by atoms with E-state index in [0.717, 1.165) is 70.4 Å². The van der Waals surface area contributed by atoms with Crippen molar-refractivity contribution in [3.8, 4) is 0 Å². The van der Waals surface area contributed by atoms with E-state index in [1.807, 2.05) is 60.9 Å². The van der Waals surface area contributed by atoms with Gasteiger partial charge >= 0.3 is 6.03 Å². The van der Waals surface area contributed by atoms with Gasteiger partial charge < -0.3 is 4.90 Å². The van der Waals surface area contributed by atoms with Gasteiger partial charge in [-0.3, -0.25) is 9.69 Å². The number of hydrogen-bond acceptors (Lipinski definition) is 8. The van der Waals surface area contributed by atoms with Crippen LogP contribution < -0.4 is 0 Å². The molecule has 0 aliphatic carbocycles. The minimum atomic E-state index is -0.721. The van der Waals surface area contributed by atoms with Crippen molar-refractivity contribution >= 4 is 84.2 Å². The fourth-order valence-electron chi connectivity index (χ4n) is 2.91. The van der Waals surface area contributed by atoms with Crippen LogP contribution in [0.15, 0.2) is 0 Å². The Bertz CT molecular complexity index is 482. The summed E-state index contributed by atoms with van der Waals surface area (Å²) in [7, 11) is 0. The van der Waals surface area contributed by atoms with Crippen molar-refractivity contribution in [3.63, 3.8) is 0 Å². The Balaban J connectivity index is 2.26. The average Bonchev–Trinajstić information content (AvgIpc) is 2.85. The van der Waals surface area contributed by atoms with Crippen LogP contribution in [-0.4, -0.2) is 97.9 Å². The van der Waals surface area contributed by atoms with Gasteiger partial charge in [-0.15, -0.1) is 0 Å². The van der Waals surface area contributed by atoms with E-state index in [2.05, 4.69) is 25.3 Å². The molecule has 1 heterocycles. The van der Waals surface area contributed by atoms with E-state index >= 15 is 0 Å². The van der Waals surface area contributed by atoms with Gasteiger partial charge in [-0.25, -0.2) is 4.79 Å². The quantitative estimate of drug-likeness (QED) is 0.158. The monoisotopic (exact) mass is 516 g/mol. The number of imide groups is 1. The van der Waals surface area contributed by atoms with Gasteiger partial charge in [-0.05, 0) is 49.7 Å². The van der Waals surface area contributed by atoms with Crippen molar-refractivity contribution in [3.05, 3.63) is 0 Å². The molecule has 0 aromatic rings. The van der Waals surface area contributed by atoms with Crippen LogP contribution in [0.3, 0.4) is 0 Å². The Kier molecular flexibility index (Phi) is 16.1. The summed E-state index contributed by atoms with van der Waals surface area (Å²) >= 11 is 16.1. The highest BCUT2D eigenvalue weighted by Gasteiger charge is 2.50. The van der Waals surface area contributed by atoms with Gasteiger partial charge in [0.05, 0.1) is 0 Å². The summed E-state index contributed by atoms with van der Waals surface area (Å²) in [6.07, 6.45) is 1.79. The Morgan fingerprint density at radius 1 is 0.724 bits per heavy atom. The molecule has 1 aliphatic heterocycles. The smallest absolute Gasteiger partial charge is 0.310 e. The molecule has 0 aromatic heterocycles. The molecule has 0 bridgehead atoms. The molecule has 0 saturated carbocycles. The summed E-state index contributed by atoms with van der Waals surface area (Å²) in [6.45, 7) is 4.94. The fraction of sp³-hybridized carbons (Fsp3) is 0.895. The summed E-state index contributed by atoms with van der Waals surface area (Å²) in [5.74, 6) is 10.6. The van der Waals surface area contributed by atoms with Crippen LogP contribution >= 0.6 is 72.3 Å². The molecule has 3 amide bonds. The number of rotatable bonds is 18. The van der Waals surface area contributed by atoms with Crippen LogP contribution in [0.25, 0.3) is 0 Å². The maximum Gasteiger partial charge on any atom is 0.327 e. The highest BCUT2D eigenvalue weighted by molar-refractivity contribution is 8.03. The summed E-state index contributed by atoms with van der Waals surface area (Å²) in [4.78, 5) is 28.8. The first kappa shape index (κ1) is 28.1. The lowest BCUT2D eigenvalue weighted by Crippen LogP contribution is -2.44. The fourth-order valence-corrected chi connectivity index (χ4v) is 7.31. The van der Waals surface area contributed by atoms with Crippen LogP contribution in [0.1, 0.15) is 26.7 Å². The number of carbonyl (C=O) groups is 2. The summed E-state index contributed by atoms with van der Waals surface area (Å²) < 4.78 is 0. The molecule has 0 unspecified atom stereocenters. The van der Waals surface area contributed by atoms with Gasteiger partial charge in [0.15, 0.2) is 0 Å². The molecule has 1 rings (SSSR count). The van der Waals surface area contributed by atoms with Gasteiger partial charge in [0.1, 0.15) is 5.54 Å². The number of thiol groups is 2. The summed E-state index contributed by atoms with van der Waals surface area (Å²) in [5, 5.41) is 0. The molecule has 0 aromatic carbocycles. The number of amides is 3. The van der Waals surface area contributed by atoms with Crippen LogP contribution in [0.2, 0.25) is 0 Å². The molecule has 0 N–H and O–H groups in total. The van der Waals surface area contributed by atoms with Crippen molar-refractivity contribution < 1.29 is 9.59 Å². The van der Waals surface area contributed by atoms with E-state index in [9.17, 15) is 9.59 Å². The Labute approximate surface area is 205 Å². The average molecular weight is 517 g/mol. The first-order valence-corrected chi connectivity index (χ1v) is 16.0. The normalized spacial score (nSPS) is 16.3. The van der Waals surface area contributed by atoms with Crippen LogP contribution in [-0.2, 0) is 4.79 Å². The van der Waals surface area contributed by atoms with Gasteiger partial charge in [0.25, 0.3) is 5.91 Å². The van der Waals surface area contributed by atoms with Gasteiger partial charge in [0, 0.05) is 47.6 Å². The topological polar surface area (TPSA) is 40.6 Å². The first-order valence-electron chi connectivity index (χ1n) is 10.1. The zero-order chi connectivity index (χ0) is 21.5. The Hall–Kier alpha value is 1.04. The highest BCUT2D eigenvalue weighted by atomic mass is 32.2. The molecule has 1 aliphatic rings. The molecular weight excluding hydrogens is 481 g/mol. The molecule has 1 saturated heterocycles. The van der Waals surface area contributed by atoms with E-state index in [-0.39, 0.29) is 11.9 Å². The van der Waals surface area contributed by atoms with E-state index in [1.54, 1.807) is 4.90 Å². The minimum absolute atomic E-state index is 0.0485. The molecule has 170 valence electrons. The highest BCUT2D eigenvalue weighted by Crippen LogP contribution is 2.28. The van der Waals surface area contributed by atoms with E-state index in [1.165, 1.54) is 4.90 Å². The lowest BCUT2D eigenvalue weighted by Gasteiger charge is -2.27. The number of nitrogens with zero attached hydrogens (tertiary/aromatic N) is 2. The van der Waals surface area contributed by atoms with E-state index in [4.69, 9.17) is 0 Å². The third-order valence-electron chi connectivity index (χ3n) is 4.46. The molecule has 0 atom stereocenters. The van der Waals surface area contributed by atoms with Crippen LogP contribution in [0.4, 0.5) is 4.79 Å². The van der Waals surface area contributed by atoms with E-state index in [0.29, 0.717) is 13.1 Å². The SMILES string of the molecule is CC1(C)C(=O)N(CCCSCCSCCS)C(=O)N1CCCSCCSCCS. The third-order valence-corrected chi connectivity index (χ3v) is 10.1. The Morgan fingerprint density at radius 3 is 1.66 bits per heavy atom. The molecule has 0 spiro atoms. The Morgan fingerprint density at radius 2 is 1.17 bits per heavy atom. The number of thioether (sulfide) groups is 4. The maximum absolute atomic E-state index is 12.8. The van der Waals surface area contributed by atoms with Crippen molar-refractivity contribution in [1.29, 1.82) is 0 Å². The van der Waals surface area contributed by atoms with Gasteiger partial charge in [-0.1, -0.05) is 0 Å². The van der Waals surface area contributed by atoms with Crippen molar-refractivity contribution in [2.75, 3.05) is 70.6 Å². The molecular formula is C19H36N2O2S6. The largest absolute Gasteiger partial charge is 0.327 e. The zero-order valence-electron chi connectivity index (χ0n) is 17.6. The number of hydrogen-bond donors (Lipinski definition) is 2. The minimum Gasteiger partial charge on any atom is -0.310 e. The zero-order valence-corrected chi connectivity index (χ0v) is 22.7. The number of carbonyl (C=O) groups excluding carboxylic acids is 2. The van der Waals surface area contributed by atoms with Crippen molar-refractivity contribution in [2.24, 2.45) is 0 Å². The first-order chi connectivity index (χ1) is 14.0. The van der Waals surface area contributed by atoms with E-state index < -0.39 is 5.54 Å². The lowest BCUT2D eigenvalue weighted by molar-refractivity contribution is -0.131. The lowest BCUT2D eigenvalue weighted by atomic mass is 10.0. The molecule has 4 nitrogen and oxygen atoms in total. The van der Waals surface area contributed by atoms with Crippen molar-refractivity contribution in [1.82, 2.24) is 9.80 Å². The predicted molar refractivity (Wildman–Crippen MR) is 144 cm³/mol. The third kappa shape index (κ3) is 10.5.